The average Bonchev–Trinajstić information content (AvgIpc) is 2.80. The fraction of sp³-hybridized carbons (Fsp3) is 0.438. The van der Waals surface area contributed by atoms with Gasteiger partial charge >= 0.3 is 0 Å². The number of hydrogen-bond acceptors (Lipinski definition) is 2. The number of aromatic nitrogens is 2. The van der Waals surface area contributed by atoms with Crippen molar-refractivity contribution in [2.75, 3.05) is 7.05 Å². The molecule has 1 atom stereocenters. The molecule has 0 saturated carbocycles. The summed E-state index contributed by atoms with van der Waals surface area (Å²) in [7, 11) is 1.98. The van der Waals surface area contributed by atoms with Gasteiger partial charge in [0.05, 0.1) is 16.4 Å². The van der Waals surface area contributed by atoms with E-state index in [2.05, 4.69) is 58.4 Å². The fourth-order valence-corrected chi connectivity index (χ4v) is 3.28. The van der Waals surface area contributed by atoms with Gasteiger partial charge in [0, 0.05) is 23.5 Å². The van der Waals surface area contributed by atoms with Crippen LogP contribution in [0.1, 0.15) is 36.8 Å². The number of halogens is 2. The van der Waals surface area contributed by atoms with Crippen molar-refractivity contribution >= 4 is 27.5 Å². The Balaban J connectivity index is 2.32. The standard InChI is InChI=1S/C16H21BrClN3/c1-4-13-16(18)15(21(5-2)20-13)10-14(19-3)11-7-6-8-12(17)9-11/h6-9,14,19H,4-5,10H2,1-3H3. The van der Waals surface area contributed by atoms with Gasteiger partial charge in [-0.25, -0.2) is 0 Å². The number of nitrogens with zero attached hydrogens (tertiary/aromatic N) is 2. The lowest BCUT2D eigenvalue weighted by Gasteiger charge is -2.18. The lowest BCUT2D eigenvalue weighted by molar-refractivity contribution is 0.540. The minimum Gasteiger partial charge on any atom is -0.313 e. The summed E-state index contributed by atoms with van der Waals surface area (Å²) in [5.41, 5.74) is 3.33. The van der Waals surface area contributed by atoms with Gasteiger partial charge in [-0.05, 0) is 38.1 Å². The second kappa shape index (κ2) is 7.43. The van der Waals surface area contributed by atoms with Crippen LogP contribution in [0.25, 0.3) is 0 Å². The Morgan fingerprint density at radius 1 is 1.38 bits per heavy atom. The molecule has 0 amide bonds. The largest absolute Gasteiger partial charge is 0.313 e. The number of rotatable bonds is 6. The van der Waals surface area contributed by atoms with E-state index < -0.39 is 0 Å². The van der Waals surface area contributed by atoms with Crippen molar-refractivity contribution in [1.82, 2.24) is 15.1 Å². The Kier molecular flexibility index (Phi) is 5.85. The topological polar surface area (TPSA) is 29.9 Å². The van der Waals surface area contributed by atoms with Gasteiger partial charge in [-0.15, -0.1) is 0 Å². The van der Waals surface area contributed by atoms with Gasteiger partial charge in [0.15, 0.2) is 0 Å². The lowest BCUT2D eigenvalue weighted by atomic mass is 10.0. The van der Waals surface area contributed by atoms with Crippen molar-refractivity contribution in [2.24, 2.45) is 0 Å². The summed E-state index contributed by atoms with van der Waals surface area (Å²) in [5.74, 6) is 0. The highest BCUT2D eigenvalue weighted by Crippen LogP contribution is 2.27. The molecule has 0 saturated heterocycles. The molecule has 0 radical (unpaired) electrons. The molecule has 1 unspecified atom stereocenters. The van der Waals surface area contributed by atoms with Crippen molar-refractivity contribution in [3.8, 4) is 0 Å². The Morgan fingerprint density at radius 3 is 2.71 bits per heavy atom. The average molecular weight is 371 g/mol. The first-order valence-corrected chi connectivity index (χ1v) is 8.44. The zero-order chi connectivity index (χ0) is 15.4. The third-order valence-corrected chi connectivity index (χ3v) is 4.62. The summed E-state index contributed by atoms with van der Waals surface area (Å²) in [6.45, 7) is 5.02. The monoisotopic (exact) mass is 369 g/mol. The molecule has 0 aliphatic heterocycles. The van der Waals surface area contributed by atoms with Crippen LogP contribution in [0, 0.1) is 0 Å². The molecule has 5 heteroatoms. The van der Waals surface area contributed by atoms with Crippen molar-refractivity contribution in [3.05, 3.63) is 50.7 Å². The maximum absolute atomic E-state index is 6.51. The van der Waals surface area contributed by atoms with Gasteiger partial charge in [-0.1, -0.05) is 46.6 Å². The molecule has 0 aliphatic carbocycles. The van der Waals surface area contributed by atoms with Gasteiger partial charge < -0.3 is 5.32 Å². The lowest BCUT2D eigenvalue weighted by Crippen LogP contribution is -2.20. The number of likely N-dealkylation sites (N-methyl/N-ethyl adjacent to an activating group) is 1. The first kappa shape index (κ1) is 16.5. The zero-order valence-corrected chi connectivity index (χ0v) is 15.0. The molecular formula is C16H21BrClN3. The Labute approximate surface area is 139 Å². The zero-order valence-electron chi connectivity index (χ0n) is 12.7. The maximum Gasteiger partial charge on any atom is 0.0850 e. The first-order chi connectivity index (χ1) is 10.1. The summed E-state index contributed by atoms with van der Waals surface area (Å²) < 4.78 is 3.10. The molecule has 0 spiro atoms. The highest BCUT2D eigenvalue weighted by Gasteiger charge is 2.19. The van der Waals surface area contributed by atoms with Crippen LogP contribution in [-0.4, -0.2) is 16.8 Å². The number of aryl methyl sites for hydroxylation is 2. The highest BCUT2D eigenvalue weighted by atomic mass is 79.9. The molecule has 21 heavy (non-hydrogen) atoms. The van der Waals surface area contributed by atoms with Crippen molar-refractivity contribution in [2.45, 2.75) is 39.3 Å². The van der Waals surface area contributed by atoms with E-state index in [0.717, 1.165) is 40.3 Å². The predicted octanol–water partition coefficient (Wildman–Crippen LogP) is 4.38. The molecule has 0 fully saturated rings. The van der Waals surface area contributed by atoms with Crippen LogP contribution in [0.2, 0.25) is 5.02 Å². The summed E-state index contributed by atoms with van der Waals surface area (Å²) in [5, 5.41) is 8.79. The Hall–Kier alpha value is -0.840. The summed E-state index contributed by atoms with van der Waals surface area (Å²) >= 11 is 10.0. The molecule has 0 aliphatic rings. The minimum absolute atomic E-state index is 0.215. The van der Waals surface area contributed by atoms with Gasteiger partial charge in [-0.3, -0.25) is 4.68 Å². The van der Waals surface area contributed by atoms with Crippen LogP contribution in [-0.2, 0) is 19.4 Å². The molecule has 2 aromatic rings. The summed E-state index contributed by atoms with van der Waals surface area (Å²) in [6, 6.07) is 8.58. The third kappa shape index (κ3) is 3.68. The molecule has 1 heterocycles. The SMILES string of the molecule is CCc1nn(CC)c(CC(NC)c2cccc(Br)c2)c1Cl. The number of benzene rings is 1. The van der Waals surface area contributed by atoms with Gasteiger partial charge in [0.25, 0.3) is 0 Å². The van der Waals surface area contributed by atoms with Crippen molar-refractivity contribution in [3.63, 3.8) is 0 Å². The summed E-state index contributed by atoms with van der Waals surface area (Å²) in [4.78, 5) is 0. The Bertz CT molecular complexity index is 610. The van der Waals surface area contributed by atoms with Crippen LogP contribution >= 0.6 is 27.5 Å². The van der Waals surface area contributed by atoms with E-state index >= 15 is 0 Å². The van der Waals surface area contributed by atoms with E-state index in [1.807, 2.05) is 17.8 Å². The molecule has 114 valence electrons. The number of nitrogens with one attached hydrogen (secondary N) is 1. The second-order valence-electron chi connectivity index (χ2n) is 4.98. The third-order valence-electron chi connectivity index (χ3n) is 3.69. The van der Waals surface area contributed by atoms with Crippen LogP contribution in [0.3, 0.4) is 0 Å². The van der Waals surface area contributed by atoms with Crippen LogP contribution in [0.15, 0.2) is 28.7 Å². The van der Waals surface area contributed by atoms with E-state index in [1.54, 1.807) is 0 Å². The van der Waals surface area contributed by atoms with Gasteiger partial charge in [-0.2, -0.15) is 5.10 Å². The molecular weight excluding hydrogens is 350 g/mol. The van der Waals surface area contributed by atoms with E-state index in [-0.39, 0.29) is 6.04 Å². The normalized spacial score (nSPS) is 12.6. The molecule has 3 nitrogen and oxygen atoms in total. The summed E-state index contributed by atoms with van der Waals surface area (Å²) in [6.07, 6.45) is 1.69. The fourth-order valence-electron chi connectivity index (χ4n) is 2.52. The quantitative estimate of drug-likeness (QED) is 0.817. The first-order valence-electron chi connectivity index (χ1n) is 7.27. The molecule has 2 rings (SSSR count). The highest BCUT2D eigenvalue weighted by molar-refractivity contribution is 9.10. The molecule has 0 bridgehead atoms. The van der Waals surface area contributed by atoms with Crippen molar-refractivity contribution in [1.29, 1.82) is 0 Å². The molecule has 1 aromatic heterocycles. The second-order valence-corrected chi connectivity index (χ2v) is 6.27. The smallest absolute Gasteiger partial charge is 0.0850 e. The van der Waals surface area contributed by atoms with Gasteiger partial charge in [0.2, 0.25) is 0 Å². The van der Waals surface area contributed by atoms with Crippen LogP contribution in [0.5, 0.6) is 0 Å². The van der Waals surface area contributed by atoms with Crippen LogP contribution < -0.4 is 5.32 Å². The van der Waals surface area contributed by atoms with Crippen molar-refractivity contribution < 1.29 is 0 Å². The van der Waals surface area contributed by atoms with E-state index in [4.69, 9.17) is 11.6 Å². The Morgan fingerprint density at radius 2 is 2.14 bits per heavy atom. The maximum atomic E-state index is 6.51. The van der Waals surface area contributed by atoms with Gasteiger partial charge in [0.1, 0.15) is 0 Å². The molecule has 1 aromatic carbocycles. The van der Waals surface area contributed by atoms with E-state index in [1.165, 1.54) is 5.56 Å². The van der Waals surface area contributed by atoms with E-state index in [9.17, 15) is 0 Å². The predicted molar refractivity (Wildman–Crippen MR) is 91.9 cm³/mol. The number of hydrogen-bond donors (Lipinski definition) is 1. The molecule has 1 N–H and O–H groups in total. The van der Waals surface area contributed by atoms with E-state index in [0.29, 0.717) is 0 Å². The minimum atomic E-state index is 0.215. The van der Waals surface area contributed by atoms with Crippen LogP contribution in [0.4, 0.5) is 0 Å².